The number of hydrogen-bond acceptors (Lipinski definition) is 2. The number of carbonyl (C=O) groups is 1. The van der Waals surface area contributed by atoms with Crippen molar-refractivity contribution in [2.24, 2.45) is 5.92 Å². The molecule has 0 unspecified atom stereocenters. The molecule has 0 aromatic carbocycles. The number of carboxylic acid groups (broad SMARTS) is 1. The maximum atomic E-state index is 10.3. The summed E-state index contributed by atoms with van der Waals surface area (Å²) in [6.07, 6.45) is 17.3. The van der Waals surface area contributed by atoms with E-state index < -0.39 is 5.97 Å². The third-order valence-corrected chi connectivity index (χ3v) is 4.59. The van der Waals surface area contributed by atoms with Crippen molar-refractivity contribution < 1.29 is 9.90 Å². The minimum Gasteiger partial charge on any atom is -0.481 e. The lowest BCUT2D eigenvalue weighted by atomic mass is 10.0. The van der Waals surface area contributed by atoms with Crippen LogP contribution in [0.2, 0.25) is 0 Å². The van der Waals surface area contributed by atoms with Crippen LogP contribution in [-0.4, -0.2) is 23.2 Å². The minimum absolute atomic E-state index is 0.344. The predicted octanol–water partition coefficient (Wildman–Crippen LogP) is 7.58. The van der Waals surface area contributed by atoms with E-state index in [2.05, 4.69) is 46.9 Å². The SMILES string of the molecule is CC(C)CCCCCCCCCCCCCCC(=O)O.CC(C)NC(C)C. The predicted molar refractivity (Wildman–Crippen MR) is 121 cm³/mol. The highest BCUT2D eigenvalue weighted by atomic mass is 16.4. The summed E-state index contributed by atoms with van der Waals surface area (Å²) < 4.78 is 0. The molecule has 0 spiro atoms. The molecule has 3 heteroatoms. The van der Waals surface area contributed by atoms with E-state index in [1.54, 1.807) is 0 Å². The van der Waals surface area contributed by atoms with Crippen molar-refractivity contribution in [2.45, 2.75) is 144 Å². The number of hydrogen-bond donors (Lipinski definition) is 2. The second-order valence-electron chi connectivity index (χ2n) is 9.04. The third-order valence-electron chi connectivity index (χ3n) is 4.59. The summed E-state index contributed by atoms with van der Waals surface area (Å²) in [5.41, 5.74) is 0. The fourth-order valence-corrected chi connectivity index (χ4v) is 3.26. The molecular weight excluding hydrogens is 334 g/mol. The molecule has 0 saturated carbocycles. The highest BCUT2D eigenvalue weighted by Gasteiger charge is 1.97. The Hall–Kier alpha value is -0.570. The summed E-state index contributed by atoms with van der Waals surface area (Å²) in [5.74, 6) is 0.212. The lowest BCUT2D eigenvalue weighted by molar-refractivity contribution is -0.137. The van der Waals surface area contributed by atoms with E-state index in [1.807, 2.05) is 0 Å². The van der Waals surface area contributed by atoms with E-state index in [0.717, 1.165) is 18.8 Å². The molecule has 2 N–H and O–H groups in total. The van der Waals surface area contributed by atoms with Crippen molar-refractivity contribution in [2.75, 3.05) is 0 Å². The van der Waals surface area contributed by atoms with E-state index >= 15 is 0 Å². The van der Waals surface area contributed by atoms with Crippen LogP contribution in [0.3, 0.4) is 0 Å². The Morgan fingerprint density at radius 3 is 1.22 bits per heavy atom. The summed E-state index contributed by atoms with van der Waals surface area (Å²) in [6.45, 7) is 13.2. The Morgan fingerprint density at radius 1 is 0.630 bits per heavy atom. The van der Waals surface area contributed by atoms with Gasteiger partial charge >= 0.3 is 5.97 Å². The van der Waals surface area contributed by atoms with Gasteiger partial charge < -0.3 is 10.4 Å². The van der Waals surface area contributed by atoms with Gasteiger partial charge in [0.15, 0.2) is 0 Å². The molecule has 0 aliphatic carbocycles. The monoisotopic (exact) mass is 385 g/mol. The van der Waals surface area contributed by atoms with E-state index in [-0.39, 0.29) is 0 Å². The average molecular weight is 386 g/mol. The van der Waals surface area contributed by atoms with Gasteiger partial charge in [-0.3, -0.25) is 4.79 Å². The quantitative estimate of drug-likeness (QED) is 0.254. The Kier molecular flexibility index (Phi) is 23.0. The largest absolute Gasteiger partial charge is 0.481 e. The fraction of sp³-hybridized carbons (Fsp3) is 0.958. The summed E-state index contributed by atoms with van der Waals surface area (Å²) >= 11 is 0. The zero-order chi connectivity index (χ0) is 20.9. The number of unbranched alkanes of at least 4 members (excludes halogenated alkanes) is 11. The Balaban J connectivity index is 0. The normalized spacial score (nSPS) is 11.1. The van der Waals surface area contributed by atoms with Gasteiger partial charge in [0.25, 0.3) is 0 Å². The van der Waals surface area contributed by atoms with E-state index in [1.165, 1.54) is 70.6 Å². The summed E-state index contributed by atoms with van der Waals surface area (Å²) in [5, 5.41) is 11.8. The van der Waals surface area contributed by atoms with Gasteiger partial charge in [-0.2, -0.15) is 0 Å². The topological polar surface area (TPSA) is 49.3 Å². The van der Waals surface area contributed by atoms with Gasteiger partial charge in [0.05, 0.1) is 0 Å². The molecule has 0 aliphatic rings. The van der Waals surface area contributed by atoms with E-state index in [9.17, 15) is 4.79 Å². The Labute approximate surface area is 171 Å². The molecule has 0 saturated heterocycles. The zero-order valence-electron chi connectivity index (χ0n) is 19.5. The van der Waals surface area contributed by atoms with E-state index in [4.69, 9.17) is 5.11 Å². The van der Waals surface area contributed by atoms with Gasteiger partial charge in [0.2, 0.25) is 0 Å². The minimum atomic E-state index is -0.654. The highest BCUT2D eigenvalue weighted by Crippen LogP contribution is 2.14. The maximum Gasteiger partial charge on any atom is 0.303 e. The highest BCUT2D eigenvalue weighted by molar-refractivity contribution is 5.66. The standard InChI is InChI=1S/C18H36O2.C6H15N/c1-17(2)15-13-11-9-7-5-3-4-6-8-10-12-14-16-18(19)20;1-5(2)7-6(3)4/h17H,3-16H2,1-2H3,(H,19,20);5-7H,1-4H3. The molecular formula is C24H51NO2. The summed E-state index contributed by atoms with van der Waals surface area (Å²) in [4.78, 5) is 10.3. The molecule has 27 heavy (non-hydrogen) atoms. The molecule has 0 amide bonds. The first-order chi connectivity index (χ1) is 12.8. The molecule has 0 aromatic heterocycles. The zero-order valence-corrected chi connectivity index (χ0v) is 19.5. The first-order valence-electron chi connectivity index (χ1n) is 11.7. The smallest absolute Gasteiger partial charge is 0.303 e. The van der Waals surface area contributed by atoms with Crippen LogP contribution in [-0.2, 0) is 4.79 Å². The van der Waals surface area contributed by atoms with Gasteiger partial charge in [-0.15, -0.1) is 0 Å². The van der Waals surface area contributed by atoms with Crippen LogP contribution in [0.1, 0.15) is 131 Å². The van der Waals surface area contributed by atoms with Gasteiger partial charge in [-0.05, 0) is 12.3 Å². The van der Waals surface area contributed by atoms with Crippen LogP contribution in [0.25, 0.3) is 0 Å². The second kappa shape index (κ2) is 21.7. The lowest BCUT2D eigenvalue weighted by Crippen LogP contribution is -2.29. The molecule has 164 valence electrons. The Morgan fingerprint density at radius 2 is 0.963 bits per heavy atom. The molecule has 0 aliphatic heterocycles. The molecule has 0 rings (SSSR count). The fourth-order valence-electron chi connectivity index (χ4n) is 3.26. The van der Waals surface area contributed by atoms with Crippen LogP contribution >= 0.6 is 0 Å². The number of aliphatic carboxylic acids is 1. The molecule has 0 atom stereocenters. The van der Waals surface area contributed by atoms with Crippen LogP contribution in [0.4, 0.5) is 0 Å². The Bertz CT molecular complexity index is 295. The molecule has 0 fully saturated rings. The first-order valence-corrected chi connectivity index (χ1v) is 11.7. The summed E-state index contributed by atoms with van der Waals surface area (Å²) in [6, 6.07) is 1.25. The molecule has 0 heterocycles. The lowest BCUT2D eigenvalue weighted by Gasteiger charge is -2.10. The van der Waals surface area contributed by atoms with Crippen molar-refractivity contribution in [3.8, 4) is 0 Å². The summed E-state index contributed by atoms with van der Waals surface area (Å²) in [7, 11) is 0. The first kappa shape index (κ1) is 28.6. The second-order valence-corrected chi connectivity index (χ2v) is 9.04. The molecule has 0 radical (unpaired) electrons. The number of carboxylic acids is 1. The molecule has 0 aromatic rings. The van der Waals surface area contributed by atoms with Crippen molar-refractivity contribution in [3.05, 3.63) is 0 Å². The number of nitrogens with one attached hydrogen (secondary N) is 1. The van der Waals surface area contributed by atoms with Gasteiger partial charge in [0.1, 0.15) is 0 Å². The van der Waals surface area contributed by atoms with Gasteiger partial charge in [0, 0.05) is 18.5 Å². The van der Waals surface area contributed by atoms with Crippen molar-refractivity contribution >= 4 is 5.97 Å². The van der Waals surface area contributed by atoms with Gasteiger partial charge in [-0.1, -0.05) is 119 Å². The molecule has 0 bridgehead atoms. The third kappa shape index (κ3) is 33.4. The van der Waals surface area contributed by atoms with Gasteiger partial charge in [-0.25, -0.2) is 0 Å². The maximum absolute atomic E-state index is 10.3. The van der Waals surface area contributed by atoms with Crippen LogP contribution in [0.5, 0.6) is 0 Å². The van der Waals surface area contributed by atoms with Crippen LogP contribution in [0.15, 0.2) is 0 Å². The van der Waals surface area contributed by atoms with E-state index in [0.29, 0.717) is 18.5 Å². The van der Waals surface area contributed by atoms with Crippen molar-refractivity contribution in [1.82, 2.24) is 5.32 Å². The molecule has 3 nitrogen and oxygen atoms in total. The number of rotatable bonds is 17. The van der Waals surface area contributed by atoms with Crippen molar-refractivity contribution in [1.29, 1.82) is 0 Å². The average Bonchev–Trinajstić information content (AvgIpc) is 2.54. The van der Waals surface area contributed by atoms with Crippen LogP contribution < -0.4 is 5.32 Å². The van der Waals surface area contributed by atoms with Crippen molar-refractivity contribution in [3.63, 3.8) is 0 Å². The van der Waals surface area contributed by atoms with Crippen LogP contribution in [0, 0.1) is 5.92 Å².